The molecule has 5 nitrogen and oxygen atoms in total. The lowest BCUT2D eigenvalue weighted by molar-refractivity contribution is 0.603. The Morgan fingerprint density at radius 3 is 2.38 bits per heavy atom. The van der Waals surface area contributed by atoms with Crippen molar-refractivity contribution in [2.75, 3.05) is 16.6 Å². The number of nitrogens with two attached hydrogens (primary N) is 1. The summed E-state index contributed by atoms with van der Waals surface area (Å²) < 4.78 is 24.2. The molecule has 0 unspecified atom stereocenters. The zero-order valence-electron chi connectivity index (χ0n) is 11.6. The molecule has 0 aliphatic heterocycles. The summed E-state index contributed by atoms with van der Waals surface area (Å²) >= 11 is 0. The van der Waals surface area contributed by atoms with Gasteiger partial charge < -0.3 is 5.32 Å². The van der Waals surface area contributed by atoms with Gasteiger partial charge in [0.2, 0.25) is 0 Å². The fourth-order valence-electron chi connectivity index (χ4n) is 2.03. The maximum atomic E-state index is 11.0. The van der Waals surface area contributed by atoms with Gasteiger partial charge in [-0.05, 0) is 36.6 Å². The van der Waals surface area contributed by atoms with Crippen LogP contribution in [0.3, 0.4) is 0 Å². The normalized spacial score (nSPS) is 11.1. The summed E-state index contributed by atoms with van der Waals surface area (Å²) in [5, 5.41) is 8.21. The highest BCUT2D eigenvalue weighted by Crippen LogP contribution is 2.15. The Morgan fingerprint density at radius 2 is 1.67 bits per heavy atom. The lowest BCUT2D eigenvalue weighted by Crippen LogP contribution is -2.21. The molecule has 0 aliphatic rings. The van der Waals surface area contributed by atoms with Crippen LogP contribution in [0.2, 0.25) is 0 Å². The molecule has 0 bridgehead atoms. The van der Waals surface area contributed by atoms with E-state index in [0.29, 0.717) is 5.69 Å². The second kappa shape index (κ2) is 7.10. The number of anilines is 2. The minimum absolute atomic E-state index is 0.450. The van der Waals surface area contributed by atoms with Crippen molar-refractivity contribution >= 4 is 21.6 Å². The maximum absolute atomic E-state index is 11.0. The van der Waals surface area contributed by atoms with E-state index in [1.807, 2.05) is 24.3 Å². The predicted octanol–water partition coefficient (Wildman–Crippen LogP) is 2.35. The Hall–Kier alpha value is -2.05. The molecule has 0 atom stereocenters. The average molecular weight is 305 g/mol. The monoisotopic (exact) mass is 305 g/mol. The first-order valence-corrected chi connectivity index (χ1v) is 8.26. The summed E-state index contributed by atoms with van der Waals surface area (Å²) in [6, 6.07) is 17.3. The average Bonchev–Trinajstić information content (AvgIpc) is 2.43. The van der Waals surface area contributed by atoms with Crippen LogP contribution in [0.1, 0.15) is 12.0 Å². The second-order valence-corrected chi connectivity index (χ2v) is 6.04. The lowest BCUT2D eigenvalue weighted by atomic mass is 10.1. The van der Waals surface area contributed by atoms with Gasteiger partial charge in [-0.1, -0.05) is 36.4 Å². The maximum Gasteiger partial charge on any atom is 0.296 e. The topological polar surface area (TPSA) is 84.2 Å². The minimum atomic E-state index is -3.73. The summed E-state index contributed by atoms with van der Waals surface area (Å²) in [5.41, 5.74) is 2.62. The molecular weight excluding hydrogens is 286 g/mol. The smallest absolute Gasteiger partial charge is 0.296 e. The van der Waals surface area contributed by atoms with Gasteiger partial charge in [0.05, 0.1) is 5.69 Å². The fourth-order valence-corrected chi connectivity index (χ4v) is 2.48. The number of aryl methyl sites for hydroxylation is 1. The Balaban J connectivity index is 1.82. The van der Waals surface area contributed by atoms with E-state index in [0.717, 1.165) is 25.1 Å². The SMILES string of the molecule is NS(=O)(=O)Nc1cccc(NCCCc2ccccc2)c1. The number of hydrogen-bond acceptors (Lipinski definition) is 3. The van der Waals surface area contributed by atoms with Gasteiger partial charge in [0, 0.05) is 12.2 Å². The van der Waals surface area contributed by atoms with Crippen LogP contribution < -0.4 is 15.2 Å². The number of rotatable bonds is 7. The molecule has 2 aromatic carbocycles. The molecule has 2 rings (SSSR count). The Labute approximate surface area is 125 Å². The van der Waals surface area contributed by atoms with Crippen LogP contribution in [0.15, 0.2) is 54.6 Å². The van der Waals surface area contributed by atoms with Crippen molar-refractivity contribution < 1.29 is 8.42 Å². The standard InChI is InChI=1S/C15H19N3O2S/c16-21(19,20)18-15-10-4-9-14(12-15)17-11-5-8-13-6-2-1-3-7-13/h1-4,6-7,9-10,12,17-18H,5,8,11H2,(H2,16,19,20). The van der Waals surface area contributed by atoms with Crippen molar-refractivity contribution in [3.63, 3.8) is 0 Å². The van der Waals surface area contributed by atoms with Gasteiger partial charge in [0.1, 0.15) is 0 Å². The Morgan fingerprint density at radius 1 is 0.952 bits per heavy atom. The zero-order chi connectivity index (χ0) is 15.1. The third-order valence-electron chi connectivity index (χ3n) is 2.94. The molecule has 0 fully saturated rings. The molecule has 112 valence electrons. The molecule has 0 aromatic heterocycles. The largest absolute Gasteiger partial charge is 0.385 e. The van der Waals surface area contributed by atoms with Gasteiger partial charge in [-0.2, -0.15) is 8.42 Å². The molecule has 4 N–H and O–H groups in total. The van der Waals surface area contributed by atoms with Crippen molar-refractivity contribution in [3.05, 3.63) is 60.2 Å². The lowest BCUT2D eigenvalue weighted by Gasteiger charge is -2.09. The number of nitrogens with one attached hydrogen (secondary N) is 2. The quantitative estimate of drug-likeness (QED) is 0.686. The molecule has 0 saturated heterocycles. The second-order valence-electron chi connectivity index (χ2n) is 4.74. The van der Waals surface area contributed by atoms with Crippen LogP contribution in [0.5, 0.6) is 0 Å². The first kappa shape index (κ1) is 15.3. The molecule has 6 heteroatoms. The van der Waals surface area contributed by atoms with Crippen LogP contribution in [0.4, 0.5) is 11.4 Å². The first-order chi connectivity index (χ1) is 10.0. The van der Waals surface area contributed by atoms with Crippen molar-refractivity contribution in [1.82, 2.24) is 0 Å². The van der Waals surface area contributed by atoms with E-state index < -0.39 is 10.2 Å². The van der Waals surface area contributed by atoms with Crippen molar-refractivity contribution in [2.24, 2.45) is 5.14 Å². The van der Waals surface area contributed by atoms with Crippen LogP contribution in [0, 0.1) is 0 Å². The van der Waals surface area contributed by atoms with Gasteiger partial charge in [-0.25, -0.2) is 5.14 Å². The summed E-state index contributed by atoms with van der Waals surface area (Å²) in [5.74, 6) is 0. The molecule has 0 spiro atoms. The van der Waals surface area contributed by atoms with E-state index >= 15 is 0 Å². The van der Waals surface area contributed by atoms with Gasteiger partial charge in [0.25, 0.3) is 10.2 Å². The van der Waals surface area contributed by atoms with Gasteiger partial charge in [-0.3, -0.25) is 4.72 Å². The van der Waals surface area contributed by atoms with E-state index in [-0.39, 0.29) is 0 Å². The Bertz CT molecular complexity index is 672. The van der Waals surface area contributed by atoms with Crippen molar-refractivity contribution in [3.8, 4) is 0 Å². The van der Waals surface area contributed by atoms with E-state index in [9.17, 15) is 8.42 Å². The van der Waals surface area contributed by atoms with Crippen LogP contribution in [-0.4, -0.2) is 15.0 Å². The summed E-state index contributed by atoms with van der Waals surface area (Å²) in [6.45, 7) is 0.813. The highest BCUT2D eigenvalue weighted by atomic mass is 32.2. The zero-order valence-corrected chi connectivity index (χ0v) is 12.4. The third kappa shape index (κ3) is 5.85. The molecule has 0 heterocycles. The fraction of sp³-hybridized carbons (Fsp3) is 0.200. The predicted molar refractivity (Wildman–Crippen MR) is 86.4 cm³/mol. The van der Waals surface area contributed by atoms with Crippen LogP contribution >= 0.6 is 0 Å². The number of benzene rings is 2. The van der Waals surface area contributed by atoms with E-state index in [2.05, 4.69) is 22.2 Å². The molecule has 0 amide bonds. The highest BCUT2D eigenvalue weighted by Gasteiger charge is 2.02. The van der Waals surface area contributed by atoms with E-state index in [1.165, 1.54) is 5.56 Å². The molecular formula is C15H19N3O2S. The molecule has 0 saturated carbocycles. The van der Waals surface area contributed by atoms with Crippen LogP contribution in [-0.2, 0) is 16.6 Å². The molecule has 0 aliphatic carbocycles. The third-order valence-corrected chi connectivity index (χ3v) is 3.46. The van der Waals surface area contributed by atoms with Gasteiger partial charge in [0.15, 0.2) is 0 Å². The molecule has 0 radical (unpaired) electrons. The minimum Gasteiger partial charge on any atom is -0.385 e. The van der Waals surface area contributed by atoms with Gasteiger partial charge >= 0.3 is 0 Å². The Kier molecular flexibility index (Phi) is 5.19. The van der Waals surface area contributed by atoms with Crippen LogP contribution in [0.25, 0.3) is 0 Å². The number of hydrogen-bond donors (Lipinski definition) is 3. The first-order valence-electron chi connectivity index (χ1n) is 6.71. The van der Waals surface area contributed by atoms with Crippen molar-refractivity contribution in [1.29, 1.82) is 0 Å². The van der Waals surface area contributed by atoms with Crippen molar-refractivity contribution in [2.45, 2.75) is 12.8 Å². The molecule has 2 aromatic rings. The highest BCUT2D eigenvalue weighted by molar-refractivity contribution is 7.90. The summed E-state index contributed by atoms with van der Waals surface area (Å²) in [4.78, 5) is 0. The van der Waals surface area contributed by atoms with Gasteiger partial charge in [-0.15, -0.1) is 0 Å². The summed E-state index contributed by atoms with van der Waals surface area (Å²) in [7, 11) is -3.73. The summed E-state index contributed by atoms with van der Waals surface area (Å²) in [6.07, 6.45) is 2.00. The van der Waals surface area contributed by atoms with E-state index in [1.54, 1.807) is 18.2 Å². The molecule has 21 heavy (non-hydrogen) atoms. The van der Waals surface area contributed by atoms with E-state index in [4.69, 9.17) is 5.14 Å².